The Morgan fingerprint density at radius 3 is 2.79 bits per heavy atom. The molecule has 2 aromatic heterocycles. The van der Waals surface area contributed by atoms with Gasteiger partial charge in [0.2, 0.25) is 0 Å². The van der Waals surface area contributed by atoms with Gasteiger partial charge in [-0.1, -0.05) is 22.0 Å². The van der Waals surface area contributed by atoms with Gasteiger partial charge in [0.25, 0.3) is 0 Å². The molecular weight excluding hydrogens is 326 g/mol. The van der Waals surface area contributed by atoms with Crippen molar-refractivity contribution < 1.29 is 4.42 Å². The van der Waals surface area contributed by atoms with Crippen LogP contribution in [0.4, 0.5) is 0 Å². The zero-order valence-corrected chi connectivity index (χ0v) is 12.9. The predicted octanol–water partition coefficient (Wildman–Crippen LogP) is 3.99. The summed E-state index contributed by atoms with van der Waals surface area (Å²) in [7, 11) is 1.71. The fourth-order valence-electron chi connectivity index (χ4n) is 2.06. The van der Waals surface area contributed by atoms with Crippen LogP contribution in [-0.4, -0.2) is 4.57 Å². The molecule has 0 aliphatic rings. The first-order valence-electron chi connectivity index (χ1n) is 5.86. The number of fused-ring (bicyclic) bond motifs is 1. The zero-order valence-electron chi connectivity index (χ0n) is 10.5. The van der Waals surface area contributed by atoms with E-state index in [0.29, 0.717) is 5.58 Å². The first-order chi connectivity index (χ1) is 9.06. The lowest BCUT2D eigenvalue weighted by Crippen LogP contribution is -2.08. The summed E-state index contributed by atoms with van der Waals surface area (Å²) in [5.41, 5.74) is 2.53. The van der Waals surface area contributed by atoms with Crippen molar-refractivity contribution in [2.24, 2.45) is 7.05 Å². The van der Waals surface area contributed by atoms with Crippen LogP contribution in [0, 0.1) is 6.92 Å². The van der Waals surface area contributed by atoms with Crippen LogP contribution < -0.4 is 5.76 Å². The molecule has 0 bridgehead atoms. The summed E-state index contributed by atoms with van der Waals surface area (Å²) in [6, 6.07) is 10.1. The molecule has 0 radical (unpaired) electrons. The van der Waals surface area contributed by atoms with Gasteiger partial charge in [-0.3, -0.25) is 4.57 Å². The highest BCUT2D eigenvalue weighted by Gasteiger charge is 2.14. The number of nitrogens with zero attached hydrogens (tertiary/aromatic N) is 1. The van der Waals surface area contributed by atoms with Crippen molar-refractivity contribution in [3.8, 4) is 0 Å². The SMILES string of the molecule is Cc1ccc(C(Br)c2ccc3c(c2)oc(=O)n3C)s1. The van der Waals surface area contributed by atoms with Gasteiger partial charge < -0.3 is 4.42 Å². The Bertz CT molecular complexity index is 799. The molecule has 2 heterocycles. The van der Waals surface area contributed by atoms with E-state index in [1.54, 1.807) is 18.4 Å². The fraction of sp³-hybridized carbons (Fsp3) is 0.214. The van der Waals surface area contributed by atoms with Crippen molar-refractivity contribution >= 4 is 38.4 Å². The number of oxazole rings is 1. The molecule has 98 valence electrons. The van der Waals surface area contributed by atoms with E-state index >= 15 is 0 Å². The number of aryl methyl sites for hydroxylation is 2. The van der Waals surface area contributed by atoms with Crippen molar-refractivity contribution in [3.63, 3.8) is 0 Å². The minimum Gasteiger partial charge on any atom is -0.408 e. The smallest absolute Gasteiger partial charge is 0.408 e. The molecule has 0 aliphatic heterocycles. The monoisotopic (exact) mass is 337 g/mol. The van der Waals surface area contributed by atoms with Gasteiger partial charge in [-0.2, -0.15) is 0 Å². The molecule has 0 saturated heterocycles. The number of thiophene rings is 1. The lowest BCUT2D eigenvalue weighted by atomic mass is 10.1. The molecule has 3 rings (SSSR count). The molecule has 5 heteroatoms. The van der Waals surface area contributed by atoms with E-state index in [0.717, 1.165) is 11.1 Å². The third kappa shape index (κ3) is 2.17. The summed E-state index contributed by atoms with van der Waals surface area (Å²) in [4.78, 5) is 14.1. The molecule has 0 saturated carbocycles. The molecule has 1 unspecified atom stereocenters. The van der Waals surface area contributed by atoms with Crippen molar-refractivity contribution in [2.75, 3.05) is 0 Å². The van der Waals surface area contributed by atoms with Gasteiger partial charge in [0.1, 0.15) is 0 Å². The second-order valence-electron chi connectivity index (χ2n) is 4.47. The van der Waals surface area contributed by atoms with Crippen molar-refractivity contribution in [1.29, 1.82) is 0 Å². The van der Waals surface area contributed by atoms with Crippen LogP contribution in [0.5, 0.6) is 0 Å². The molecule has 1 aromatic carbocycles. The van der Waals surface area contributed by atoms with E-state index in [1.807, 2.05) is 18.2 Å². The van der Waals surface area contributed by atoms with Crippen LogP contribution in [-0.2, 0) is 7.05 Å². The molecule has 0 N–H and O–H groups in total. The summed E-state index contributed by atoms with van der Waals surface area (Å²) >= 11 is 5.46. The summed E-state index contributed by atoms with van der Waals surface area (Å²) in [5, 5.41) is 0. The quantitative estimate of drug-likeness (QED) is 0.663. The summed E-state index contributed by atoms with van der Waals surface area (Å²) in [6.07, 6.45) is 0. The van der Waals surface area contributed by atoms with E-state index in [-0.39, 0.29) is 10.6 Å². The molecule has 19 heavy (non-hydrogen) atoms. The van der Waals surface area contributed by atoms with Gasteiger partial charge in [0.15, 0.2) is 5.58 Å². The van der Waals surface area contributed by atoms with Crippen LogP contribution >= 0.6 is 27.3 Å². The maximum atomic E-state index is 11.5. The number of benzene rings is 1. The zero-order chi connectivity index (χ0) is 13.6. The van der Waals surface area contributed by atoms with Gasteiger partial charge in [0.05, 0.1) is 10.3 Å². The number of alkyl halides is 1. The standard InChI is InChI=1S/C14H12BrNO2S/c1-8-3-6-12(19-8)13(15)9-4-5-10-11(7-9)18-14(17)16(10)2/h3-7,13H,1-2H3. The van der Waals surface area contributed by atoms with Crippen molar-refractivity contribution in [2.45, 2.75) is 11.8 Å². The fourth-order valence-corrected chi connectivity index (χ4v) is 3.66. The van der Waals surface area contributed by atoms with Crippen molar-refractivity contribution in [1.82, 2.24) is 4.57 Å². The topological polar surface area (TPSA) is 35.1 Å². The Morgan fingerprint density at radius 2 is 2.11 bits per heavy atom. The van der Waals surface area contributed by atoms with E-state index in [2.05, 4.69) is 35.0 Å². The molecule has 0 fully saturated rings. The maximum Gasteiger partial charge on any atom is 0.419 e. The molecule has 0 aliphatic carbocycles. The highest BCUT2D eigenvalue weighted by Crippen LogP contribution is 2.36. The Kier molecular flexibility index (Phi) is 3.11. The molecule has 1 atom stereocenters. The van der Waals surface area contributed by atoms with Gasteiger partial charge in [-0.25, -0.2) is 4.79 Å². The van der Waals surface area contributed by atoms with Crippen LogP contribution in [0.15, 0.2) is 39.5 Å². The van der Waals surface area contributed by atoms with E-state index in [9.17, 15) is 4.79 Å². The summed E-state index contributed by atoms with van der Waals surface area (Å²) < 4.78 is 6.73. The minimum atomic E-state index is -0.328. The Hall–Kier alpha value is -1.33. The molecule has 0 spiro atoms. The van der Waals surface area contributed by atoms with Gasteiger partial charge >= 0.3 is 5.76 Å². The van der Waals surface area contributed by atoms with Crippen molar-refractivity contribution in [3.05, 3.63) is 56.2 Å². The Balaban J connectivity index is 2.08. The molecule has 0 amide bonds. The highest BCUT2D eigenvalue weighted by molar-refractivity contribution is 9.09. The van der Waals surface area contributed by atoms with Gasteiger partial charge in [-0.05, 0) is 36.8 Å². The molecular formula is C14H12BrNO2S. The third-order valence-electron chi connectivity index (χ3n) is 3.12. The van der Waals surface area contributed by atoms with Gasteiger partial charge in [-0.15, -0.1) is 11.3 Å². The predicted molar refractivity (Wildman–Crippen MR) is 81.3 cm³/mol. The van der Waals surface area contributed by atoms with E-state index in [4.69, 9.17) is 4.42 Å². The molecule has 3 aromatic rings. The second kappa shape index (κ2) is 4.65. The van der Waals surface area contributed by atoms with Crippen LogP contribution in [0.3, 0.4) is 0 Å². The summed E-state index contributed by atoms with van der Waals surface area (Å²) in [5.74, 6) is -0.328. The summed E-state index contributed by atoms with van der Waals surface area (Å²) in [6.45, 7) is 2.09. The molecule has 3 nitrogen and oxygen atoms in total. The first-order valence-corrected chi connectivity index (χ1v) is 7.59. The van der Waals surface area contributed by atoms with Gasteiger partial charge in [0, 0.05) is 16.8 Å². The maximum absolute atomic E-state index is 11.5. The highest BCUT2D eigenvalue weighted by atomic mass is 79.9. The van der Waals surface area contributed by atoms with E-state index < -0.39 is 0 Å². The lowest BCUT2D eigenvalue weighted by molar-refractivity contribution is 0.528. The second-order valence-corrected chi connectivity index (χ2v) is 6.70. The third-order valence-corrected chi connectivity index (χ3v) is 5.51. The average Bonchev–Trinajstić information content (AvgIpc) is 2.94. The van der Waals surface area contributed by atoms with E-state index in [1.165, 1.54) is 14.3 Å². The average molecular weight is 338 g/mol. The largest absolute Gasteiger partial charge is 0.419 e. The Labute approximate surface area is 122 Å². The lowest BCUT2D eigenvalue weighted by Gasteiger charge is -2.07. The normalized spacial score (nSPS) is 13.0. The first kappa shape index (κ1) is 12.7. The number of aromatic nitrogens is 1. The number of hydrogen-bond donors (Lipinski definition) is 0. The van der Waals surface area contributed by atoms with Crippen LogP contribution in [0.25, 0.3) is 11.1 Å². The van der Waals surface area contributed by atoms with Crippen LogP contribution in [0.1, 0.15) is 20.1 Å². The number of hydrogen-bond acceptors (Lipinski definition) is 3. The number of halogens is 1. The minimum absolute atomic E-state index is 0.126. The van der Waals surface area contributed by atoms with Crippen LogP contribution in [0.2, 0.25) is 0 Å². The Morgan fingerprint density at radius 1 is 1.32 bits per heavy atom. The number of rotatable bonds is 2.